The molecular formula is C26H23F7N4O3. The second kappa shape index (κ2) is 11.4. The number of piperidine rings is 1. The Bertz CT molecular complexity index is 1350. The smallest absolute Gasteiger partial charge is 0.418 e. The van der Waals surface area contributed by atoms with E-state index in [4.69, 9.17) is 4.74 Å². The van der Waals surface area contributed by atoms with Crippen LogP contribution >= 0.6 is 0 Å². The number of hydrogen-bond donors (Lipinski definition) is 2. The molecule has 1 aliphatic heterocycles. The summed E-state index contributed by atoms with van der Waals surface area (Å²) in [6.45, 7) is 0.949. The number of pyridine rings is 2. The number of anilines is 1. The molecule has 1 amide bonds. The Kier molecular flexibility index (Phi) is 8.30. The molecule has 1 aromatic carbocycles. The molecule has 214 valence electrons. The monoisotopic (exact) mass is 572 g/mol. The summed E-state index contributed by atoms with van der Waals surface area (Å²) in [5.74, 6) is -7.21. The number of ether oxygens (including phenoxy) is 1. The maximum Gasteiger partial charge on any atom is 0.418 e. The minimum absolute atomic E-state index is 0.0840. The zero-order valence-corrected chi connectivity index (χ0v) is 20.8. The first-order chi connectivity index (χ1) is 18.7. The summed E-state index contributed by atoms with van der Waals surface area (Å²) in [5.41, 5.74) is -0.859. The molecule has 0 bridgehead atoms. The first-order valence-corrected chi connectivity index (χ1v) is 12.0. The molecule has 0 spiro atoms. The Hall–Kier alpha value is -3.78. The SMILES string of the molecule is C[C@@H](C(=O)Nc1ccc(Oc2ccc(F)cc2F)cn1)N1CCC(F)(F)C(c2cncc(C(O)C(F)(F)F)c2)C1. The number of alkyl halides is 5. The van der Waals surface area contributed by atoms with Gasteiger partial charge in [0.2, 0.25) is 5.91 Å². The van der Waals surface area contributed by atoms with E-state index < -0.39 is 59.7 Å². The number of hydrogen-bond acceptors (Lipinski definition) is 6. The second-order valence-electron chi connectivity index (χ2n) is 9.28. The molecule has 0 saturated carbocycles. The highest BCUT2D eigenvalue weighted by Crippen LogP contribution is 2.42. The molecule has 0 radical (unpaired) electrons. The lowest BCUT2D eigenvalue weighted by Gasteiger charge is -2.40. The fourth-order valence-corrected chi connectivity index (χ4v) is 4.23. The van der Waals surface area contributed by atoms with Crippen LogP contribution in [0, 0.1) is 11.6 Å². The highest BCUT2D eigenvalue weighted by atomic mass is 19.4. The van der Waals surface area contributed by atoms with Crippen molar-refractivity contribution in [2.75, 3.05) is 18.4 Å². The van der Waals surface area contributed by atoms with Crippen LogP contribution in [-0.4, -0.2) is 57.1 Å². The molecule has 3 heterocycles. The Labute approximate surface area is 223 Å². The van der Waals surface area contributed by atoms with E-state index in [1.807, 2.05) is 0 Å². The van der Waals surface area contributed by atoms with Crippen molar-refractivity contribution in [3.05, 3.63) is 77.8 Å². The molecule has 0 aliphatic carbocycles. The predicted octanol–water partition coefficient (Wildman–Crippen LogP) is 5.59. The van der Waals surface area contributed by atoms with Gasteiger partial charge < -0.3 is 15.2 Å². The highest BCUT2D eigenvalue weighted by Gasteiger charge is 2.47. The molecule has 40 heavy (non-hydrogen) atoms. The van der Waals surface area contributed by atoms with Crippen LogP contribution in [0.15, 0.2) is 55.0 Å². The van der Waals surface area contributed by atoms with Crippen molar-refractivity contribution in [1.29, 1.82) is 0 Å². The fraction of sp³-hybridized carbons (Fsp3) is 0.346. The van der Waals surface area contributed by atoms with Crippen molar-refractivity contribution in [2.24, 2.45) is 0 Å². The number of carbonyl (C=O) groups is 1. The van der Waals surface area contributed by atoms with Gasteiger partial charge in [0.15, 0.2) is 17.7 Å². The zero-order chi connectivity index (χ0) is 29.2. The van der Waals surface area contributed by atoms with Gasteiger partial charge in [0.1, 0.15) is 17.4 Å². The number of nitrogens with one attached hydrogen (secondary N) is 1. The number of benzene rings is 1. The van der Waals surface area contributed by atoms with Gasteiger partial charge in [-0.05, 0) is 42.8 Å². The molecule has 1 fully saturated rings. The molecule has 7 nitrogen and oxygen atoms in total. The van der Waals surface area contributed by atoms with Gasteiger partial charge in [-0.3, -0.25) is 14.7 Å². The van der Waals surface area contributed by atoms with Crippen molar-refractivity contribution in [2.45, 2.75) is 43.5 Å². The molecule has 1 saturated heterocycles. The number of halogens is 7. The highest BCUT2D eigenvalue weighted by molar-refractivity contribution is 5.93. The van der Waals surface area contributed by atoms with E-state index >= 15 is 0 Å². The molecular weight excluding hydrogens is 549 g/mol. The quantitative estimate of drug-likeness (QED) is 0.359. The van der Waals surface area contributed by atoms with Crippen LogP contribution in [0.2, 0.25) is 0 Å². The Morgan fingerprint density at radius 1 is 1.15 bits per heavy atom. The Morgan fingerprint density at radius 2 is 1.90 bits per heavy atom. The number of amides is 1. The molecule has 1 aliphatic rings. The van der Waals surface area contributed by atoms with Crippen LogP contribution in [0.25, 0.3) is 0 Å². The van der Waals surface area contributed by atoms with Crippen molar-refractivity contribution in [1.82, 2.24) is 14.9 Å². The first kappa shape index (κ1) is 29.2. The standard InChI is InChI=1S/C26H23F7N4O3/c1-14(24(39)36-22-5-3-18(12-35-22)40-21-4-2-17(27)9-20(21)28)37-7-6-25(29,30)19(13-37)15-8-16(11-34-10-15)23(38)26(31,32)33/h2-5,8-12,14,19,23,38H,6-7,13H2,1H3,(H,35,36,39)/t14-,19?,23?/m0/s1. The summed E-state index contributed by atoms with van der Waals surface area (Å²) in [7, 11) is 0. The average molecular weight is 572 g/mol. The van der Waals surface area contributed by atoms with Crippen LogP contribution in [0.4, 0.5) is 36.6 Å². The molecule has 3 aromatic rings. The van der Waals surface area contributed by atoms with E-state index in [1.54, 1.807) is 0 Å². The van der Waals surface area contributed by atoms with E-state index in [-0.39, 0.29) is 36.0 Å². The third-order valence-electron chi connectivity index (χ3n) is 6.50. The zero-order valence-electron chi connectivity index (χ0n) is 20.8. The topological polar surface area (TPSA) is 87.6 Å². The van der Waals surface area contributed by atoms with E-state index in [9.17, 15) is 40.6 Å². The van der Waals surface area contributed by atoms with Gasteiger partial charge in [0.25, 0.3) is 5.92 Å². The summed E-state index contributed by atoms with van der Waals surface area (Å²) >= 11 is 0. The summed E-state index contributed by atoms with van der Waals surface area (Å²) in [6, 6.07) is 5.42. The molecule has 14 heteroatoms. The van der Waals surface area contributed by atoms with Crippen LogP contribution in [0.3, 0.4) is 0 Å². The van der Waals surface area contributed by atoms with Crippen molar-refractivity contribution in [3.63, 3.8) is 0 Å². The number of aliphatic hydroxyl groups is 1. The van der Waals surface area contributed by atoms with Crippen LogP contribution < -0.4 is 10.1 Å². The summed E-state index contributed by atoms with van der Waals surface area (Å²) in [4.78, 5) is 21.9. The summed E-state index contributed by atoms with van der Waals surface area (Å²) < 4.78 is 101. The van der Waals surface area contributed by atoms with Gasteiger partial charge in [-0.25, -0.2) is 22.5 Å². The lowest BCUT2D eigenvalue weighted by atomic mass is 9.86. The van der Waals surface area contributed by atoms with Gasteiger partial charge >= 0.3 is 6.18 Å². The van der Waals surface area contributed by atoms with Gasteiger partial charge in [-0.15, -0.1) is 0 Å². The third kappa shape index (κ3) is 6.67. The van der Waals surface area contributed by atoms with Gasteiger partial charge in [0, 0.05) is 43.5 Å². The molecule has 2 unspecified atom stereocenters. The van der Waals surface area contributed by atoms with E-state index in [0.717, 1.165) is 30.6 Å². The van der Waals surface area contributed by atoms with Crippen LogP contribution in [0.5, 0.6) is 11.5 Å². The second-order valence-corrected chi connectivity index (χ2v) is 9.28. The third-order valence-corrected chi connectivity index (χ3v) is 6.50. The number of nitrogens with zero attached hydrogens (tertiary/aromatic N) is 3. The Morgan fingerprint density at radius 3 is 2.55 bits per heavy atom. The first-order valence-electron chi connectivity index (χ1n) is 12.0. The van der Waals surface area contributed by atoms with E-state index in [0.29, 0.717) is 6.07 Å². The minimum Gasteiger partial charge on any atom is -0.453 e. The van der Waals surface area contributed by atoms with Crippen molar-refractivity contribution in [3.8, 4) is 11.5 Å². The summed E-state index contributed by atoms with van der Waals surface area (Å²) in [5, 5.41) is 12.1. The molecule has 2 aromatic heterocycles. The predicted molar refractivity (Wildman–Crippen MR) is 128 cm³/mol. The van der Waals surface area contributed by atoms with Gasteiger partial charge in [-0.1, -0.05) is 0 Å². The summed E-state index contributed by atoms with van der Waals surface area (Å²) in [6.07, 6.45) is -5.57. The van der Waals surface area contributed by atoms with E-state index in [1.165, 1.54) is 30.2 Å². The van der Waals surface area contributed by atoms with Crippen molar-refractivity contribution < 1.29 is 45.4 Å². The van der Waals surface area contributed by atoms with Gasteiger partial charge in [-0.2, -0.15) is 13.2 Å². The number of aromatic nitrogens is 2. The lowest BCUT2D eigenvalue weighted by Crippen LogP contribution is -2.52. The largest absolute Gasteiger partial charge is 0.453 e. The van der Waals surface area contributed by atoms with E-state index in [2.05, 4.69) is 15.3 Å². The maximum absolute atomic E-state index is 14.8. The van der Waals surface area contributed by atoms with Gasteiger partial charge in [0.05, 0.1) is 18.2 Å². The number of carbonyl (C=O) groups excluding carboxylic acids is 1. The normalized spacial score (nSPS) is 19.1. The number of likely N-dealkylation sites (tertiary alicyclic amines) is 1. The Balaban J connectivity index is 1.42. The van der Waals surface area contributed by atoms with Crippen molar-refractivity contribution >= 4 is 11.7 Å². The number of aliphatic hydroxyl groups excluding tert-OH is 1. The van der Waals surface area contributed by atoms with Crippen LogP contribution in [0.1, 0.15) is 36.5 Å². The molecule has 4 rings (SSSR count). The minimum atomic E-state index is -5.00. The lowest BCUT2D eigenvalue weighted by molar-refractivity contribution is -0.206. The fourth-order valence-electron chi connectivity index (χ4n) is 4.23. The molecule has 3 atom stereocenters. The van der Waals surface area contributed by atoms with Crippen LogP contribution in [-0.2, 0) is 4.79 Å². The molecule has 2 N–H and O–H groups in total. The average Bonchev–Trinajstić information content (AvgIpc) is 2.90. The number of rotatable bonds is 7. The maximum atomic E-state index is 14.8.